The Bertz CT molecular complexity index is 449. The van der Waals surface area contributed by atoms with Gasteiger partial charge < -0.3 is 19.7 Å². The average molecular weight is 467 g/mol. The Morgan fingerprint density at radius 3 is 2.79 bits per heavy atom. The van der Waals surface area contributed by atoms with Gasteiger partial charge in [0.1, 0.15) is 0 Å². The lowest BCUT2D eigenvalue weighted by molar-refractivity contribution is 0.00992. The molecular weight excluding hydrogens is 437 g/mol. The van der Waals surface area contributed by atoms with Gasteiger partial charge in [-0.05, 0) is 37.1 Å². The number of halogens is 1. The van der Waals surface area contributed by atoms with Crippen LogP contribution in [0.4, 0.5) is 0 Å². The van der Waals surface area contributed by atoms with E-state index in [0.717, 1.165) is 64.5 Å². The maximum atomic E-state index is 5.91. The summed E-state index contributed by atoms with van der Waals surface area (Å²) in [7, 11) is 3.59. The summed E-state index contributed by atoms with van der Waals surface area (Å²) in [6.45, 7) is 4.52. The summed E-state index contributed by atoms with van der Waals surface area (Å²) in [4.78, 5) is 8.17. The van der Waals surface area contributed by atoms with Gasteiger partial charge in [-0.1, -0.05) is 6.07 Å². The first-order chi connectivity index (χ1) is 11.3. The van der Waals surface area contributed by atoms with Crippen LogP contribution in [0.5, 0.6) is 0 Å². The zero-order valence-electron chi connectivity index (χ0n) is 14.7. The summed E-state index contributed by atoms with van der Waals surface area (Å²) in [5, 5.41) is 5.60. The van der Waals surface area contributed by atoms with E-state index in [-0.39, 0.29) is 24.0 Å². The summed E-state index contributed by atoms with van der Waals surface area (Å²) in [5.41, 5.74) is 0. The molecule has 0 bridgehead atoms. The van der Waals surface area contributed by atoms with E-state index in [2.05, 4.69) is 32.7 Å². The molecule has 1 aromatic heterocycles. The Kier molecular flexibility index (Phi) is 11.7. The Labute approximate surface area is 166 Å². The van der Waals surface area contributed by atoms with Crippen LogP contribution in [0.25, 0.3) is 0 Å². The molecule has 0 spiro atoms. The van der Waals surface area contributed by atoms with Crippen molar-refractivity contribution in [2.45, 2.75) is 31.8 Å². The Hall–Kier alpha value is -0.380. The fourth-order valence-electron chi connectivity index (χ4n) is 2.77. The van der Waals surface area contributed by atoms with Crippen LogP contribution in [0.1, 0.15) is 24.1 Å². The lowest BCUT2D eigenvalue weighted by atomic mass is 10.1. The van der Waals surface area contributed by atoms with E-state index in [9.17, 15) is 0 Å². The summed E-state index contributed by atoms with van der Waals surface area (Å²) in [6, 6.07) is 4.29. The monoisotopic (exact) mass is 467 g/mol. The van der Waals surface area contributed by atoms with Gasteiger partial charge in [0.05, 0.1) is 6.10 Å². The van der Waals surface area contributed by atoms with E-state index >= 15 is 0 Å². The van der Waals surface area contributed by atoms with Crippen LogP contribution < -0.4 is 5.32 Å². The molecule has 0 amide bonds. The van der Waals surface area contributed by atoms with Gasteiger partial charge in [0.15, 0.2) is 5.96 Å². The molecule has 0 saturated carbocycles. The topological polar surface area (TPSA) is 46.1 Å². The molecule has 2 heterocycles. The highest BCUT2D eigenvalue weighted by molar-refractivity contribution is 14.0. The standard InChI is InChI=1S/C17H29N3O2S.HI/c1-18-17(19-9-6-16-5-3-14-23-16)20-10-7-15(8-11-20)22-13-4-12-21-2;/h3,5,14-15H,4,6-13H2,1-2H3,(H,18,19);1H. The molecule has 0 aromatic carbocycles. The predicted molar refractivity (Wildman–Crippen MR) is 112 cm³/mol. The minimum Gasteiger partial charge on any atom is -0.385 e. The number of nitrogens with zero attached hydrogens (tertiary/aromatic N) is 2. The number of rotatable bonds is 8. The van der Waals surface area contributed by atoms with Crippen molar-refractivity contribution in [2.24, 2.45) is 4.99 Å². The maximum Gasteiger partial charge on any atom is 0.193 e. The van der Waals surface area contributed by atoms with Gasteiger partial charge in [0, 0.05) is 51.9 Å². The summed E-state index contributed by atoms with van der Waals surface area (Å²) in [6.07, 6.45) is 4.54. The fourth-order valence-corrected chi connectivity index (χ4v) is 3.48. The van der Waals surface area contributed by atoms with Gasteiger partial charge in [-0.2, -0.15) is 0 Å². The maximum absolute atomic E-state index is 5.91. The summed E-state index contributed by atoms with van der Waals surface area (Å²) < 4.78 is 11.0. The number of hydrogen-bond acceptors (Lipinski definition) is 4. The number of methoxy groups -OCH3 is 1. The molecule has 5 nitrogen and oxygen atoms in total. The first kappa shape index (κ1) is 21.7. The van der Waals surface area contributed by atoms with Crippen LogP contribution in [0, 0.1) is 0 Å². The van der Waals surface area contributed by atoms with E-state index in [1.165, 1.54) is 4.88 Å². The van der Waals surface area contributed by atoms with Crippen molar-refractivity contribution in [1.82, 2.24) is 10.2 Å². The van der Waals surface area contributed by atoms with Crippen LogP contribution in [0.15, 0.2) is 22.5 Å². The summed E-state index contributed by atoms with van der Waals surface area (Å²) >= 11 is 1.81. The molecule has 24 heavy (non-hydrogen) atoms. The van der Waals surface area contributed by atoms with E-state index in [1.807, 2.05) is 18.4 Å². The quantitative estimate of drug-likeness (QED) is 0.277. The van der Waals surface area contributed by atoms with Crippen molar-refractivity contribution < 1.29 is 9.47 Å². The first-order valence-corrected chi connectivity index (χ1v) is 9.30. The third kappa shape index (κ3) is 7.67. The van der Waals surface area contributed by atoms with Gasteiger partial charge in [0.2, 0.25) is 0 Å². The molecule has 1 N–H and O–H groups in total. The van der Waals surface area contributed by atoms with E-state index in [1.54, 1.807) is 7.11 Å². The third-order valence-corrected chi connectivity index (χ3v) is 4.97. The number of thiophene rings is 1. The van der Waals surface area contributed by atoms with Gasteiger partial charge >= 0.3 is 0 Å². The van der Waals surface area contributed by atoms with Crippen LogP contribution in [-0.2, 0) is 15.9 Å². The van der Waals surface area contributed by atoms with Gasteiger partial charge in [-0.25, -0.2) is 0 Å². The second-order valence-electron chi connectivity index (χ2n) is 5.71. The SMILES string of the molecule is CN=C(NCCc1cccs1)N1CCC(OCCCOC)CC1.I. The highest BCUT2D eigenvalue weighted by Crippen LogP contribution is 2.14. The minimum atomic E-state index is 0. The smallest absolute Gasteiger partial charge is 0.193 e. The number of hydrogen-bond donors (Lipinski definition) is 1. The van der Waals surface area contributed by atoms with E-state index in [0.29, 0.717) is 6.10 Å². The van der Waals surface area contributed by atoms with Crippen molar-refractivity contribution in [1.29, 1.82) is 0 Å². The third-order valence-electron chi connectivity index (χ3n) is 4.03. The highest BCUT2D eigenvalue weighted by Gasteiger charge is 2.21. The van der Waals surface area contributed by atoms with Gasteiger partial charge in [-0.15, -0.1) is 35.3 Å². The zero-order valence-corrected chi connectivity index (χ0v) is 17.8. The van der Waals surface area contributed by atoms with Crippen LogP contribution >= 0.6 is 35.3 Å². The molecule has 0 radical (unpaired) electrons. The molecule has 2 rings (SSSR count). The van der Waals surface area contributed by atoms with Crippen molar-refractivity contribution in [2.75, 3.05) is 47.0 Å². The molecule has 1 aliphatic heterocycles. The number of piperidine rings is 1. The van der Waals surface area contributed by atoms with E-state index in [4.69, 9.17) is 9.47 Å². The first-order valence-electron chi connectivity index (χ1n) is 8.42. The van der Waals surface area contributed by atoms with Crippen LogP contribution in [-0.4, -0.2) is 64.0 Å². The second kappa shape index (κ2) is 12.9. The Balaban J connectivity index is 0.00000288. The molecule has 0 aliphatic carbocycles. The molecule has 1 saturated heterocycles. The molecule has 1 aromatic rings. The highest BCUT2D eigenvalue weighted by atomic mass is 127. The molecular formula is C17H30IN3O2S. The predicted octanol–water partition coefficient (Wildman–Crippen LogP) is 3.00. The summed E-state index contributed by atoms with van der Waals surface area (Å²) in [5.74, 6) is 1.01. The van der Waals surface area contributed by atoms with E-state index < -0.39 is 0 Å². The van der Waals surface area contributed by atoms with Gasteiger partial charge in [-0.3, -0.25) is 4.99 Å². The second-order valence-corrected chi connectivity index (χ2v) is 6.74. The van der Waals surface area contributed by atoms with Crippen molar-refractivity contribution in [3.8, 4) is 0 Å². The number of aliphatic imine (C=N–C) groups is 1. The van der Waals surface area contributed by atoms with Crippen LogP contribution in [0.2, 0.25) is 0 Å². The number of likely N-dealkylation sites (tertiary alicyclic amines) is 1. The minimum absolute atomic E-state index is 0. The lowest BCUT2D eigenvalue weighted by Crippen LogP contribution is -2.47. The number of guanidine groups is 1. The fraction of sp³-hybridized carbons (Fsp3) is 0.706. The molecule has 7 heteroatoms. The molecule has 138 valence electrons. The molecule has 0 atom stereocenters. The van der Waals surface area contributed by atoms with Gasteiger partial charge in [0.25, 0.3) is 0 Å². The lowest BCUT2D eigenvalue weighted by Gasteiger charge is -2.34. The zero-order chi connectivity index (χ0) is 16.3. The Morgan fingerprint density at radius 1 is 1.38 bits per heavy atom. The molecule has 1 fully saturated rings. The van der Waals surface area contributed by atoms with Crippen molar-refractivity contribution >= 4 is 41.3 Å². The number of nitrogens with one attached hydrogen (secondary N) is 1. The Morgan fingerprint density at radius 2 is 2.17 bits per heavy atom. The molecule has 1 aliphatic rings. The normalized spacial score (nSPS) is 16.1. The van der Waals surface area contributed by atoms with Crippen molar-refractivity contribution in [3.05, 3.63) is 22.4 Å². The molecule has 0 unspecified atom stereocenters. The van der Waals surface area contributed by atoms with Crippen LogP contribution in [0.3, 0.4) is 0 Å². The largest absolute Gasteiger partial charge is 0.385 e. The van der Waals surface area contributed by atoms with Crippen molar-refractivity contribution in [3.63, 3.8) is 0 Å². The number of ether oxygens (including phenoxy) is 2. The average Bonchev–Trinajstić information content (AvgIpc) is 3.10.